The van der Waals surface area contributed by atoms with Crippen molar-refractivity contribution in [2.75, 3.05) is 19.0 Å². The Hall–Kier alpha value is -2.70. The van der Waals surface area contributed by atoms with Crippen molar-refractivity contribution in [1.29, 1.82) is 0 Å². The first kappa shape index (κ1) is 22.0. The molecule has 3 rings (SSSR count). The highest BCUT2D eigenvalue weighted by atomic mass is 19.4. The molecular weight excluding hydrogens is 395 g/mol. The molecule has 0 bridgehead atoms. The van der Waals surface area contributed by atoms with Gasteiger partial charge < -0.3 is 14.8 Å². The number of nitrogens with one attached hydrogen (secondary N) is 1. The van der Waals surface area contributed by atoms with Gasteiger partial charge in [-0.2, -0.15) is 13.2 Å². The number of alkyl halides is 3. The minimum absolute atomic E-state index is 0.106. The van der Waals surface area contributed by atoms with Gasteiger partial charge in [-0.25, -0.2) is 0 Å². The van der Waals surface area contributed by atoms with Gasteiger partial charge in [0.25, 0.3) is 0 Å². The molecule has 2 aromatic rings. The van der Waals surface area contributed by atoms with E-state index in [1.165, 1.54) is 12.1 Å². The number of benzene rings is 2. The Morgan fingerprint density at radius 3 is 2.30 bits per heavy atom. The van der Waals surface area contributed by atoms with Gasteiger partial charge in [0.1, 0.15) is 11.5 Å². The maximum Gasteiger partial charge on any atom is 0.420 e. The molecule has 1 amide bonds. The summed E-state index contributed by atoms with van der Waals surface area (Å²) in [4.78, 5) is 13.4. The zero-order chi connectivity index (χ0) is 21.8. The number of hydrogen-bond acceptors (Lipinski definition) is 3. The van der Waals surface area contributed by atoms with Gasteiger partial charge in [-0.05, 0) is 55.7 Å². The lowest BCUT2D eigenvalue weighted by Crippen LogP contribution is -2.42. The monoisotopic (exact) mass is 421 g/mol. The molecule has 0 unspecified atom stereocenters. The molecule has 0 aliphatic heterocycles. The van der Waals surface area contributed by atoms with Crippen molar-refractivity contribution in [3.63, 3.8) is 0 Å². The van der Waals surface area contributed by atoms with Crippen molar-refractivity contribution >= 4 is 11.6 Å². The van der Waals surface area contributed by atoms with Crippen LogP contribution in [0, 0.1) is 0 Å². The molecular formula is C23H26F3NO3. The minimum atomic E-state index is -4.58. The van der Waals surface area contributed by atoms with Crippen molar-refractivity contribution in [1.82, 2.24) is 0 Å². The number of carbonyl (C=O) groups excluding carboxylic acids is 1. The number of ether oxygens (including phenoxy) is 2. The SMILES string of the molecule is CCOc1ccc(NC(=O)C2(c3ccc(OC)cc3)CCCCC2)cc1C(F)(F)F. The van der Waals surface area contributed by atoms with Gasteiger partial charge in [0.2, 0.25) is 5.91 Å². The fourth-order valence-corrected chi connectivity index (χ4v) is 4.07. The first-order valence-corrected chi connectivity index (χ1v) is 10.1. The summed E-state index contributed by atoms with van der Waals surface area (Å²) in [5, 5.41) is 2.74. The fourth-order valence-electron chi connectivity index (χ4n) is 4.07. The van der Waals surface area contributed by atoms with Gasteiger partial charge in [-0.1, -0.05) is 31.4 Å². The van der Waals surface area contributed by atoms with E-state index in [9.17, 15) is 18.0 Å². The van der Waals surface area contributed by atoms with E-state index in [2.05, 4.69) is 5.32 Å². The highest BCUT2D eigenvalue weighted by Gasteiger charge is 2.41. The maximum absolute atomic E-state index is 13.5. The van der Waals surface area contributed by atoms with Crippen LogP contribution in [0.2, 0.25) is 0 Å². The molecule has 2 aromatic carbocycles. The number of rotatable bonds is 6. The van der Waals surface area contributed by atoms with Crippen LogP contribution in [0.15, 0.2) is 42.5 Å². The van der Waals surface area contributed by atoms with Gasteiger partial charge in [0.05, 0.1) is 24.7 Å². The lowest BCUT2D eigenvalue weighted by molar-refractivity contribution is -0.139. The van der Waals surface area contributed by atoms with Gasteiger partial charge in [-0.3, -0.25) is 4.79 Å². The molecule has 0 radical (unpaired) electrons. The van der Waals surface area contributed by atoms with Crippen molar-refractivity contribution < 1.29 is 27.4 Å². The summed E-state index contributed by atoms with van der Waals surface area (Å²) in [6, 6.07) is 11.0. The zero-order valence-corrected chi connectivity index (χ0v) is 17.1. The summed E-state index contributed by atoms with van der Waals surface area (Å²) in [5.41, 5.74) is -0.720. The number of hydrogen-bond donors (Lipinski definition) is 1. The predicted molar refractivity (Wildman–Crippen MR) is 109 cm³/mol. The third-order valence-electron chi connectivity index (χ3n) is 5.63. The molecule has 1 aliphatic rings. The second-order valence-electron chi connectivity index (χ2n) is 7.47. The highest BCUT2D eigenvalue weighted by molar-refractivity contribution is 5.99. The summed E-state index contributed by atoms with van der Waals surface area (Å²) in [6.07, 6.45) is -0.480. The van der Waals surface area contributed by atoms with E-state index >= 15 is 0 Å². The lowest BCUT2D eigenvalue weighted by Gasteiger charge is -2.36. The molecule has 0 aromatic heterocycles. The molecule has 30 heavy (non-hydrogen) atoms. The maximum atomic E-state index is 13.5. The minimum Gasteiger partial charge on any atom is -0.497 e. The molecule has 1 aliphatic carbocycles. The van der Waals surface area contributed by atoms with Crippen LogP contribution in [0.1, 0.15) is 50.2 Å². The van der Waals surface area contributed by atoms with Gasteiger partial charge in [0.15, 0.2) is 0 Å². The van der Waals surface area contributed by atoms with E-state index < -0.39 is 17.2 Å². The molecule has 0 atom stereocenters. The summed E-state index contributed by atoms with van der Waals surface area (Å²) < 4.78 is 50.7. The molecule has 1 fully saturated rings. The van der Waals surface area contributed by atoms with Crippen molar-refractivity contribution in [3.8, 4) is 11.5 Å². The molecule has 7 heteroatoms. The van der Waals surface area contributed by atoms with E-state index in [0.29, 0.717) is 18.6 Å². The number of anilines is 1. The largest absolute Gasteiger partial charge is 0.497 e. The van der Waals surface area contributed by atoms with Crippen molar-refractivity contribution in [2.45, 2.75) is 50.6 Å². The third kappa shape index (κ3) is 4.55. The average Bonchev–Trinajstić information content (AvgIpc) is 2.74. The van der Waals surface area contributed by atoms with Crippen molar-refractivity contribution in [2.24, 2.45) is 0 Å². The Morgan fingerprint density at radius 1 is 1.07 bits per heavy atom. The van der Waals surface area contributed by atoms with E-state index in [1.807, 2.05) is 12.1 Å². The predicted octanol–water partition coefficient (Wildman–Crippen LogP) is 5.95. The Kier molecular flexibility index (Phi) is 6.58. The molecule has 1 saturated carbocycles. The Balaban J connectivity index is 1.92. The van der Waals surface area contributed by atoms with Gasteiger partial charge >= 0.3 is 6.18 Å². The third-order valence-corrected chi connectivity index (χ3v) is 5.63. The standard InChI is InChI=1S/C23H26F3NO3/c1-3-30-20-12-9-17(15-19(20)23(24,25)26)27-21(28)22(13-5-4-6-14-22)16-7-10-18(29-2)11-8-16/h7-12,15H,3-6,13-14H2,1-2H3,(H,27,28). The molecule has 0 spiro atoms. The molecule has 1 N–H and O–H groups in total. The smallest absolute Gasteiger partial charge is 0.420 e. The number of carbonyl (C=O) groups is 1. The summed E-state index contributed by atoms with van der Waals surface area (Å²) in [6.45, 7) is 1.74. The van der Waals surface area contributed by atoms with Gasteiger partial charge in [-0.15, -0.1) is 0 Å². The lowest BCUT2D eigenvalue weighted by atomic mass is 9.68. The summed E-state index contributed by atoms with van der Waals surface area (Å²) in [5.74, 6) is 0.154. The molecule has 0 heterocycles. The molecule has 0 saturated heterocycles. The van der Waals surface area contributed by atoms with Crippen LogP contribution in [-0.2, 0) is 16.4 Å². The van der Waals surface area contributed by atoms with Crippen LogP contribution < -0.4 is 14.8 Å². The summed E-state index contributed by atoms with van der Waals surface area (Å²) in [7, 11) is 1.57. The van der Waals surface area contributed by atoms with Crippen LogP contribution in [0.25, 0.3) is 0 Å². The van der Waals surface area contributed by atoms with Crippen LogP contribution in [-0.4, -0.2) is 19.6 Å². The highest BCUT2D eigenvalue weighted by Crippen LogP contribution is 2.42. The first-order valence-electron chi connectivity index (χ1n) is 10.1. The quantitative estimate of drug-likeness (QED) is 0.627. The van der Waals surface area contributed by atoms with Crippen molar-refractivity contribution in [3.05, 3.63) is 53.6 Å². The van der Waals surface area contributed by atoms with Crippen LogP contribution in [0.4, 0.5) is 18.9 Å². The van der Waals surface area contributed by atoms with Crippen LogP contribution in [0.5, 0.6) is 11.5 Å². The zero-order valence-electron chi connectivity index (χ0n) is 17.1. The van der Waals surface area contributed by atoms with Crippen LogP contribution in [0.3, 0.4) is 0 Å². The fraction of sp³-hybridized carbons (Fsp3) is 0.435. The Morgan fingerprint density at radius 2 is 1.73 bits per heavy atom. The topological polar surface area (TPSA) is 47.6 Å². The van der Waals surface area contributed by atoms with E-state index in [-0.39, 0.29) is 24.0 Å². The second kappa shape index (κ2) is 8.98. The van der Waals surface area contributed by atoms with E-state index in [1.54, 1.807) is 26.2 Å². The Labute approximate surface area is 174 Å². The second-order valence-corrected chi connectivity index (χ2v) is 7.47. The van der Waals surface area contributed by atoms with Gasteiger partial charge in [0, 0.05) is 5.69 Å². The molecule has 4 nitrogen and oxygen atoms in total. The number of methoxy groups -OCH3 is 1. The average molecular weight is 421 g/mol. The Bertz CT molecular complexity index is 872. The van der Waals surface area contributed by atoms with E-state index in [4.69, 9.17) is 9.47 Å². The first-order chi connectivity index (χ1) is 14.3. The number of halogens is 3. The molecule has 162 valence electrons. The van der Waals surface area contributed by atoms with E-state index in [0.717, 1.165) is 30.9 Å². The number of amides is 1. The normalized spacial score (nSPS) is 16.0. The summed E-state index contributed by atoms with van der Waals surface area (Å²) >= 11 is 0. The van der Waals surface area contributed by atoms with Crippen LogP contribution >= 0.6 is 0 Å².